The van der Waals surface area contributed by atoms with Gasteiger partial charge in [-0.05, 0) is 0 Å². The lowest BCUT2D eigenvalue weighted by molar-refractivity contribution is 0.485. The molecular weight excluding hydrogens is 167 g/mol. The molecule has 0 unspecified atom stereocenters. The molecule has 0 aliphatic heterocycles. The summed E-state index contributed by atoms with van der Waals surface area (Å²) in [5.74, 6) is -0.267. The van der Waals surface area contributed by atoms with Gasteiger partial charge in [0.2, 0.25) is 0 Å². The predicted octanol–water partition coefficient (Wildman–Crippen LogP) is 0.534. The molecule has 0 aromatic rings. The first kappa shape index (κ1) is 9.19. The van der Waals surface area contributed by atoms with Crippen LogP contribution in [0.25, 0.3) is 0 Å². The molecule has 56 valence electrons. The summed E-state index contributed by atoms with van der Waals surface area (Å²) in [5.41, 5.74) is 0. The minimum absolute atomic E-state index is 0.106. The van der Waals surface area contributed by atoms with Crippen LogP contribution < -0.4 is 0 Å². The van der Waals surface area contributed by atoms with E-state index in [1.165, 1.54) is 0 Å². The van der Waals surface area contributed by atoms with Crippen LogP contribution in [0.2, 0.25) is 0 Å². The maximum absolute atomic E-state index is 11.3. The van der Waals surface area contributed by atoms with E-state index in [0.717, 1.165) is 11.8 Å². The number of hydrogen-bond donors (Lipinski definition) is 1. The zero-order valence-corrected chi connectivity index (χ0v) is 6.21. The lowest BCUT2D eigenvalue weighted by atomic mass is 11.0. The van der Waals surface area contributed by atoms with Crippen LogP contribution >= 0.6 is 11.8 Å². The van der Waals surface area contributed by atoms with Crippen molar-refractivity contribution in [3.8, 4) is 0 Å². The minimum Gasteiger partial charge on any atom is -0.286 e. The Bertz CT molecular complexity index is 152. The Morgan fingerprint density at radius 2 is 2.11 bits per heavy atom. The molecule has 0 amide bonds. The van der Waals surface area contributed by atoms with E-state index in [4.69, 9.17) is 4.55 Å². The average molecular weight is 174 g/mol. The number of rotatable bonds is 4. The summed E-state index contributed by atoms with van der Waals surface area (Å²) in [6, 6.07) is -0.616. The standard InChI is InChI=1S/C3H7FO3S2/c4-3-8-1-2-9(5,6)7/h1-3H2,(H,5,6,7). The molecule has 0 fully saturated rings. The van der Waals surface area contributed by atoms with Crippen molar-refractivity contribution in [2.45, 2.75) is 0 Å². The van der Waals surface area contributed by atoms with Crippen molar-refractivity contribution in [3.63, 3.8) is 0 Å². The molecule has 0 spiro atoms. The van der Waals surface area contributed by atoms with Crippen LogP contribution in [0.15, 0.2) is 0 Å². The molecule has 0 radical (unpaired) electrons. The quantitative estimate of drug-likeness (QED) is 0.499. The fraction of sp³-hybridized carbons (Fsp3) is 1.00. The number of halogens is 1. The summed E-state index contributed by atoms with van der Waals surface area (Å²) in [7, 11) is -3.88. The monoisotopic (exact) mass is 174 g/mol. The number of alkyl halides is 1. The summed E-state index contributed by atoms with van der Waals surface area (Å²) >= 11 is 0.829. The second-order valence-electron chi connectivity index (χ2n) is 1.30. The molecule has 3 nitrogen and oxygen atoms in total. The van der Waals surface area contributed by atoms with Crippen LogP contribution in [-0.2, 0) is 10.1 Å². The van der Waals surface area contributed by atoms with E-state index < -0.39 is 16.1 Å². The van der Waals surface area contributed by atoms with Gasteiger partial charge in [0.1, 0.15) is 6.01 Å². The van der Waals surface area contributed by atoms with Gasteiger partial charge in [0, 0.05) is 5.75 Å². The van der Waals surface area contributed by atoms with E-state index in [1.54, 1.807) is 0 Å². The normalized spacial score (nSPS) is 11.8. The molecule has 0 aliphatic rings. The summed E-state index contributed by atoms with van der Waals surface area (Å²) in [6.07, 6.45) is 0. The van der Waals surface area contributed by atoms with E-state index in [2.05, 4.69) is 0 Å². The van der Waals surface area contributed by atoms with Crippen LogP contribution in [0, 0.1) is 0 Å². The highest BCUT2D eigenvalue weighted by Gasteiger charge is 2.02. The maximum atomic E-state index is 11.3. The van der Waals surface area contributed by atoms with Gasteiger partial charge in [0.15, 0.2) is 0 Å². The van der Waals surface area contributed by atoms with Crippen LogP contribution in [0.4, 0.5) is 4.39 Å². The van der Waals surface area contributed by atoms with E-state index in [9.17, 15) is 12.8 Å². The van der Waals surface area contributed by atoms with E-state index in [1.807, 2.05) is 0 Å². The van der Waals surface area contributed by atoms with Gasteiger partial charge in [0.05, 0.1) is 5.75 Å². The van der Waals surface area contributed by atoms with Gasteiger partial charge < -0.3 is 0 Å². The number of hydrogen-bond acceptors (Lipinski definition) is 3. The molecular formula is C3H7FO3S2. The average Bonchev–Trinajstić information content (AvgIpc) is 1.63. The first-order valence-corrected chi connectivity index (χ1v) is 4.91. The Morgan fingerprint density at radius 1 is 1.56 bits per heavy atom. The van der Waals surface area contributed by atoms with Gasteiger partial charge in [-0.2, -0.15) is 8.42 Å². The van der Waals surface area contributed by atoms with Crippen LogP contribution in [0.1, 0.15) is 0 Å². The second kappa shape index (κ2) is 4.08. The summed E-state index contributed by atoms with van der Waals surface area (Å²) < 4.78 is 39.2. The second-order valence-corrected chi connectivity index (χ2v) is 3.91. The third-order valence-electron chi connectivity index (χ3n) is 0.563. The Morgan fingerprint density at radius 3 is 2.44 bits per heavy atom. The molecule has 6 heteroatoms. The van der Waals surface area contributed by atoms with Crippen LogP contribution in [-0.4, -0.2) is 30.5 Å². The van der Waals surface area contributed by atoms with Crippen molar-refractivity contribution in [2.24, 2.45) is 0 Å². The minimum atomic E-state index is -3.88. The predicted molar refractivity (Wildman–Crippen MR) is 34.8 cm³/mol. The van der Waals surface area contributed by atoms with Gasteiger partial charge in [-0.15, -0.1) is 11.8 Å². The fourth-order valence-electron chi connectivity index (χ4n) is 0.219. The van der Waals surface area contributed by atoms with Crippen LogP contribution in [0.3, 0.4) is 0 Å². The molecule has 0 saturated carbocycles. The largest absolute Gasteiger partial charge is 0.286 e. The smallest absolute Gasteiger partial charge is 0.265 e. The molecule has 0 aromatic heterocycles. The van der Waals surface area contributed by atoms with Gasteiger partial charge in [-0.25, -0.2) is 4.39 Å². The van der Waals surface area contributed by atoms with Gasteiger partial charge in [-0.3, -0.25) is 4.55 Å². The topological polar surface area (TPSA) is 54.4 Å². The zero-order chi connectivity index (χ0) is 7.33. The Hall–Kier alpha value is 0.190. The lowest BCUT2D eigenvalue weighted by Gasteiger charge is -1.91. The van der Waals surface area contributed by atoms with Crippen molar-refractivity contribution in [3.05, 3.63) is 0 Å². The van der Waals surface area contributed by atoms with E-state index in [0.29, 0.717) is 0 Å². The molecule has 0 heterocycles. The van der Waals surface area contributed by atoms with Crippen molar-refractivity contribution in [2.75, 3.05) is 17.5 Å². The molecule has 0 saturated heterocycles. The van der Waals surface area contributed by atoms with Gasteiger partial charge in [0.25, 0.3) is 10.1 Å². The van der Waals surface area contributed by atoms with Gasteiger partial charge >= 0.3 is 0 Å². The third-order valence-corrected chi connectivity index (χ3v) is 2.19. The molecule has 1 N–H and O–H groups in total. The van der Waals surface area contributed by atoms with E-state index >= 15 is 0 Å². The highest BCUT2D eigenvalue weighted by atomic mass is 32.2. The Kier molecular flexibility index (Phi) is 4.16. The fourth-order valence-corrected chi connectivity index (χ4v) is 1.64. The van der Waals surface area contributed by atoms with Crippen molar-refractivity contribution in [1.82, 2.24) is 0 Å². The summed E-state index contributed by atoms with van der Waals surface area (Å²) in [5, 5.41) is 0. The van der Waals surface area contributed by atoms with Gasteiger partial charge in [-0.1, -0.05) is 0 Å². The highest BCUT2D eigenvalue weighted by molar-refractivity contribution is 8.00. The summed E-state index contributed by atoms with van der Waals surface area (Å²) in [6.45, 7) is 0. The summed E-state index contributed by atoms with van der Waals surface area (Å²) in [4.78, 5) is 0. The zero-order valence-electron chi connectivity index (χ0n) is 4.58. The highest BCUT2D eigenvalue weighted by Crippen LogP contribution is 1.99. The molecule has 0 rings (SSSR count). The Balaban J connectivity index is 3.30. The van der Waals surface area contributed by atoms with E-state index in [-0.39, 0.29) is 11.5 Å². The molecule has 0 bridgehead atoms. The molecule has 9 heavy (non-hydrogen) atoms. The Labute approximate surface area is 57.4 Å². The third kappa shape index (κ3) is 8.19. The maximum Gasteiger partial charge on any atom is 0.265 e. The van der Waals surface area contributed by atoms with Crippen molar-refractivity contribution < 1.29 is 17.4 Å². The van der Waals surface area contributed by atoms with Crippen LogP contribution in [0.5, 0.6) is 0 Å². The SMILES string of the molecule is O=S(=O)(O)CCSCF. The molecule has 0 aliphatic carbocycles. The first-order valence-electron chi connectivity index (χ1n) is 2.15. The lowest BCUT2D eigenvalue weighted by Crippen LogP contribution is -2.05. The molecule has 0 aromatic carbocycles. The van der Waals surface area contributed by atoms with Crippen molar-refractivity contribution in [1.29, 1.82) is 0 Å². The van der Waals surface area contributed by atoms with Crippen molar-refractivity contribution >= 4 is 21.9 Å². The number of thioether (sulfide) groups is 1. The molecule has 0 atom stereocenters. The first-order chi connectivity index (χ1) is 4.06.